The summed E-state index contributed by atoms with van der Waals surface area (Å²) in [4.78, 5) is 71.8. The molecule has 96 heavy (non-hydrogen) atoms. The molecule has 7 aromatic rings. The molecule has 0 saturated heterocycles. The van der Waals surface area contributed by atoms with Crippen LogP contribution in [0.4, 0.5) is 0 Å². The standard InChI is InChI=1S/C17H20O.2C16H14Cl2O2.C16H16Cl2O.C16H15ClO2/c1-12-7-5-6-8-16(12)13-9-14(17(2,3)4)11-15(18)10-13;1-16(2,3)9-7-10(15(20)13(19)8-9)14-11(17)5-4-6-12(14)18;1-16(2,3)10-7-9(8-13(19)15(10)20)14-11(17)5-4-6-12(14)18;1-16(2,3)11-7-10(8-12(19)9-11)15-13(17)5-4-6-14(15)18;1-16(2,3)10-8-12(15(19)14(18)9-10)11-6-4-5-7-13(11)17/h5-11,18H,1-4H3;2*4-8H,1-3H3;4-9,19H,1-3H3;4-9H,1-3H3. The number of halogens is 7. The van der Waals surface area contributed by atoms with E-state index in [0.29, 0.717) is 74.3 Å². The van der Waals surface area contributed by atoms with Gasteiger partial charge >= 0.3 is 0 Å². The quantitative estimate of drug-likeness (QED) is 0.128. The number of hydrogen-bond acceptors (Lipinski definition) is 8. The van der Waals surface area contributed by atoms with E-state index >= 15 is 0 Å². The molecule has 2 N–H and O–H groups in total. The van der Waals surface area contributed by atoms with Crippen LogP contribution in [0.15, 0.2) is 193 Å². The zero-order chi connectivity index (χ0) is 71.9. The predicted molar refractivity (Wildman–Crippen MR) is 400 cm³/mol. The van der Waals surface area contributed by atoms with Gasteiger partial charge in [-0.1, -0.05) is 258 Å². The van der Waals surface area contributed by atoms with E-state index in [0.717, 1.165) is 39.0 Å². The van der Waals surface area contributed by atoms with E-state index < -0.39 is 40.1 Å². The minimum atomic E-state index is -0.576. The second kappa shape index (κ2) is 31.4. The summed E-state index contributed by atoms with van der Waals surface area (Å²) < 4.78 is 0. The van der Waals surface area contributed by atoms with Crippen LogP contribution in [-0.4, -0.2) is 44.9 Å². The summed E-state index contributed by atoms with van der Waals surface area (Å²) in [5, 5.41) is 23.1. The van der Waals surface area contributed by atoms with E-state index in [-0.39, 0.29) is 33.0 Å². The third-order valence-corrected chi connectivity index (χ3v) is 17.8. The lowest BCUT2D eigenvalue weighted by Crippen LogP contribution is -2.26. The average Bonchev–Trinajstić information content (AvgIpc) is 0.822. The molecule has 0 fully saturated rings. The van der Waals surface area contributed by atoms with Gasteiger partial charge in [-0.3, -0.25) is 28.8 Å². The van der Waals surface area contributed by atoms with Gasteiger partial charge in [0.15, 0.2) is 0 Å². The minimum Gasteiger partial charge on any atom is -0.508 e. The topological polar surface area (TPSA) is 143 Å². The maximum Gasteiger partial charge on any atom is 0.233 e. The first kappa shape index (κ1) is 77.6. The third-order valence-electron chi connectivity index (χ3n) is 15.6. The average molecular weight is 1430 g/mol. The third kappa shape index (κ3) is 19.9. The van der Waals surface area contributed by atoms with Crippen molar-refractivity contribution >= 4 is 133 Å². The first-order valence-electron chi connectivity index (χ1n) is 30.8. The first-order valence-corrected chi connectivity index (χ1v) is 33.5. The lowest BCUT2D eigenvalue weighted by molar-refractivity contribution is -0.132. The molecule has 0 aliphatic heterocycles. The van der Waals surface area contributed by atoms with Crippen LogP contribution in [0.3, 0.4) is 0 Å². The van der Waals surface area contributed by atoms with Gasteiger partial charge in [-0.15, -0.1) is 0 Å². The number of phenols is 2. The minimum absolute atomic E-state index is 0.0379. The van der Waals surface area contributed by atoms with Crippen LogP contribution < -0.4 is 0 Å². The monoisotopic (exact) mass is 1420 g/mol. The molecule has 3 aliphatic carbocycles. The maximum atomic E-state index is 12.1. The summed E-state index contributed by atoms with van der Waals surface area (Å²) in [6.07, 6.45) is 9.28. The Labute approximate surface area is 600 Å². The summed E-state index contributed by atoms with van der Waals surface area (Å²) in [5.41, 5.74) is 11.3. The second-order valence-electron chi connectivity index (χ2n) is 28.4. The number of ketones is 6. The number of Topliss-reactive ketones (excluding diaryl/α,β-unsaturated/α-hetero) is 3. The molecule has 0 radical (unpaired) electrons. The molecule has 0 heterocycles. The SMILES string of the molecule is CC(C)(C)C1=CC(=O)C(=O)C(c2c(Cl)cccc2Cl)=C1.CC(C)(C)C1=CC(=O)C(=O)C(c2ccccc2Cl)=C1.CC(C)(C)C1=CC(c2c(Cl)cccc2Cl)=CC(=O)C1=O.CC(C)(C)c1cc(O)cc(-c2c(Cl)cccc2Cl)c1.Cc1ccccc1-c1cc(O)cc(C(C)(C)C)c1. The van der Waals surface area contributed by atoms with Crippen LogP contribution in [0, 0.1) is 23.2 Å². The Bertz CT molecular complexity index is 4360. The van der Waals surface area contributed by atoms with Crippen LogP contribution in [0.5, 0.6) is 11.5 Å². The van der Waals surface area contributed by atoms with Crippen LogP contribution >= 0.6 is 81.2 Å². The number of benzene rings is 7. The number of rotatable bonds is 5. The molecule has 0 unspecified atom stereocenters. The highest BCUT2D eigenvalue weighted by atomic mass is 35.5. The Morgan fingerprint density at radius 1 is 0.312 bits per heavy atom. The highest BCUT2D eigenvalue weighted by Gasteiger charge is 2.34. The fraction of sp³-hybridized carbons (Fsp3) is 0.259. The lowest BCUT2D eigenvalue weighted by atomic mass is 9.78. The van der Waals surface area contributed by atoms with Crippen molar-refractivity contribution in [2.75, 3.05) is 0 Å². The number of allylic oxidation sites excluding steroid dienone is 12. The molecule has 0 atom stereocenters. The van der Waals surface area contributed by atoms with Gasteiger partial charge in [-0.2, -0.15) is 0 Å². The fourth-order valence-corrected chi connectivity index (χ4v) is 12.1. The van der Waals surface area contributed by atoms with E-state index in [2.05, 4.69) is 66.7 Å². The number of phenolic OH excluding ortho intramolecular Hbond substituents is 2. The molecule has 7 aromatic carbocycles. The van der Waals surface area contributed by atoms with Crippen LogP contribution in [0.25, 0.3) is 39.0 Å². The summed E-state index contributed by atoms with van der Waals surface area (Å²) in [5.74, 6) is -2.55. The van der Waals surface area contributed by atoms with Crippen molar-refractivity contribution in [1.82, 2.24) is 0 Å². The van der Waals surface area contributed by atoms with Gasteiger partial charge in [0.2, 0.25) is 34.7 Å². The largest absolute Gasteiger partial charge is 0.508 e. The van der Waals surface area contributed by atoms with Crippen molar-refractivity contribution in [3.8, 4) is 33.8 Å². The van der Waals surface area contributed by atoms with Crippen LogP contribution in [0.2, 0.25) is 35.2 Å². The number of aromatic hydroxyl groups is 2. The summed E-state index contributed by atoms with van der Waals surface area (Å²) in [6.45, 7) is 32.5. The molecular weight excluding hydrogens is 1350 g/mol. The number of carbonyl (C=O) groups excluding carboxylic acids is 6. The van der Waals surface area contributed by atoms with Gasteiger partial charge in [-0.25, -0.2) is 0 Å². The Kier molecular flexibility index (Phi) is 25.4. The van der Waals surface area contributed by atoms with Crippen molar-refractivity contribution in [2.45, 2.75) is 122 Å². The van der Waals surface area contributed by atoms with Gasteiger partial charge in [-0.05, 0) is 187 Å². The van der Waals surface area contributed by atoms with Gasteiger partial charge in [0.1, 0.15) is 11.5 Å². The lowest BCUT2D eigenvalue weighted by Gasteiger charge is -2.24. The zero-order valence-electron chi connectivity index (χ0n) is 56.7. The Balaban J connectivity index is 0.000000190. The Morgan fingerprint density at radius 2 is 0.677 bits per heavy atom. The Hall–Kier alpha value is -7.37. The van der Waals surface area contributed by atoms with Crippen molar-refractivity contribution < 1.29 is 39.0 Å². The molecule has 0 amide bonds. The van der Waals surface area contributed by atoms with Crippen LogP contribution in [0.1, 0.15) is 137 Å². The molecule has 0 aromatic heterocycles. The number of carbonyl (C=O) groups is 6. The van der Waals surface area contributed by atoms with Gasteiger partial charge in [0.05, 0.1) is 10.0 Å². The zero-order valence-corrected chi connectivity index (χ0v) is 62.0. The smallest absolute Gasteiger partial charge is 0.233 e. The van der Waals surface area contributed by atoms with E-state index in [4.69, 9.17) is 81.2 Å². The van der Waals surface area contributed by atoms with Crippen molar-refractivity contribution in [3.05, 3.63) is 261 Å². The number of aryl methyl sites for hydroxylation is 1. The molecule has 15 heteroatoms. The number of hydrogen-bond donors (Lipinski definition) is 2. The second-order valence-corrected chi connectivity index (χ2v) is 31.3. The molecule has 0 saturated carbocycles. The summed E-state index contributed by atoms with van der Waals surface area (Å²) >= 11 is 43.1. The molecule has 10 rings (SSSR count). The van der Waals surface area contributed by atoms with Gasteiger partial charge < -0.3 is 10.2 Å². The van der Waals surface area contributed by atoms with E-state index in [9.17, 15) is 39.0 Å². The summed E-state index contributed by atoms with van der Waals surface area (Å²) in [6, 6.07) is 42.2. The highest BCUT2D eigenvalue weighted by Crippen LogP contribution is 2.43. The molecular formula is C81H79Cl7O8. The van der Waals surface area contributed by atoms with E-state index in [1.165, 1.54) is 29.4 Å². The Morgan fingerprint density at radius 3 is 1.10 bits per heavy atom. The predicted octanol–water partition coefficient (Wildman–Crippen LogP) is 23.2. The molecule has 0 spiro atoms. The fourth-order valence-electron chi connectivity index (χ4n) is 10.0. The molecule has 500 valence electrons. The molecule has 0 bridgehead atoms. The van der Waals surface area contributed by atoms with Gasteiger partial charge in [0, 0.05) is 64.1 Å². The van der Waals surface area contributed by atoms with E-state index in [1.807, 2.05) is 98.7 Å². The first-order chi connectivity index (χ1) is 44.4. The highest BCUT2D eigenvalue weighted by molar-refractivity contribution is 6.60. The van der Waals surface area contributed by atoms with Crippen molar-refractivity contribution in [3.63, 3.8) is 0 Å². The molecule has 3 aliphatic rings. The molecule has 8 nitrogen and oxygen atoms in total. The van der Waals surface area contributed by atoms with E-state index in [1.54, 1.807) is 103 Å². The van der Waals surface area contributed by atoms with Crippen molar-refractivity contribution in [2.24, 2.45) is 16.2 Å². The summed E-state index contributed by atoms with van der Waals surface area (Å²) in [7, 11) is 0. The van der Waals surface area contributed by atoms with Crippen LogP contribution in [-0.2, 0) is 39.6 Å². The normalized spacial score (nSPS) is 14.4. The van der Waals surface area contributed by atoms with Gasteiger partial charge in [0.25, 0.3) is 0 Å². The van der Waals surface area contributed by atoms with Crippen molar-refractivity contribution in [1.29, 1.82) is 0 Å². The maximum absolute atomic E-state index is 12.1.